The zero-order valence-electron chi connectivity index (χ0n) is 10.0. The quantitative estimate of drug-likeness (QED) is 0.909. The Balaban J connectivity index is 2.23. The fraction of sp³-hybridized carbons (Fsp3) is 0.200. The van der Waals surface area contributed by atoms with Gasteiger partial charge in [0.05, 0.1) is 0 Å². The minimum atomic E-state index is 0.252. The molecular formula is C15H16BrNO. The molecule has 2 aromatic carbocycles. The largest absolute Gasteiger partial charge is 0.508 e. The van der Waals surface area contributed by atoms with Crippen molar-refractivity contribution in [2.45, 2.75) is 12.3 Å². The van der Waals surface area contributed by atoms with Crippen LogP contribution in [0.2, 0.25) is 0 Å². The molecule has 3 N–H and O–H groups in total. The van der Waals surface area contributed by atoms with E-state index in [1.165, 1.54) is 5.56 Å². The molecule has 0 heterocycles. The number of nitrogens with two attached hydrogens (primary N) is 1. The SMILES string of the molecule is NCC(Cc1cccc(O)c1)c1ccccc1Br. The highest BCUT2D eigenvalue weighted by molar-refractivity contribution is 9.10. The molecule has 0 aromatic heterocycles. The molecular weight excluding hydrogens is 290 g/mol. The van der Waals surface area contributed by atoms with Crippen LogP contribution in [0.1, 0.15) is 17.0 Å². The number of aromatic hydroxyl groups is 1. The predicted molar refractivity (Wildman–Crippen MR) is 77.7 cm³/mol. The molecule has 0 radical (unpaired) electrons. The number of hydrogen-bond donors (Lipinski definition) is 2. The Morgan fingerprint density at radius 3 is 2.56 bits per heavy atom. The van der Waals surface area contributed by atoms with E-state index in [1.54, 1.807) is 12.1 Å². The van der Waals surface area contributed by atoms with E-state index in [-0.39, 0.29) is 5.92 Å². The van der Waals surface area contributed by atoms with Gasteiger partial charge in [0.1, 0.15) is 5.75 Å². The van der Waals surface area contributed by atoms with Crippen LogP contribution in [0.3, 0.4) is 0 Å². The van der Waals surface area contributed by atoms with Crippen molar-refractivity contribution < 1.29 is 5.11 Å². The van der Waals surface area contributed by atoms with Crippen LogP contribution in [-0.2, 0) is 6.42 Å². The van der Waals surface area contributed by atoms with Crippen LogP contribution in [0.25, 0.3) is 0 Å². The van der Waals surface area contributed by atoms with Crippen LogP contribution in [0, 0.1) is 0 Å². The van der Waals surface area contributed by atoms with Gasteiger partial charge < -0.3 is 10.8 Å². The third-order valence-electron chi connectivity index (χ3n) is 3.02. The lowest BCUT2D eigenvalue weighted by Gasteiger charge is -2.17. The number of benzene rings is 2. The first-order chi connectivity index (χ1) is 8.70. The number of rotatable bonds is 4. The van der Waals surface area contributed by atoms with Crippen molar-refractivity contribution in [1.82, 2.24) is 0 Å². The number of halogens is 1. The second-order valence-corrected chi connectivity index (χ2v) is 5.18. The fourth-order valence-corrected chi connectivity index (χ4v) is 2.70. The van der Waals surface area contributed by atoms with E-state index in [9.17, 15) is 5.11 Å². The lowest BCUT2D eigenvalue weighted by Crippen LogP contribution is -2.15. The number of hydrogen-bond acceptors (Lipinski definition) is 2. The third-order valence-corrected chi connectivity index (χ3v) is 3.74. The minimum absolute atomic E-state index is 0.252. The smallest absolute Gasteiger partial charge is 0.115 e. The van der Waals surface area contributed by atoms with Crippen molar-refractivity contribution in [2.24, 2.45) is 5.73 Å². The van der Waals surface area contributed by atoms with Crippen molar-refractivity contribution in [3.05, 3.63) is 64.1 Å². The maximum absolute atomic E-state index is 9.48. The molecule has 0 aliphatic carbocycles. The van der Waals surface area contributed by atoms with Gasteiger partial charge in [-0.3, -0.25) is 0 Å². The van der Waals surface area contributed by atoms with Gasteiger partial charge in [0.25, 0.3) is 0 Å². The Labute approximate surface area is 116 Å². The Bertz CT molecular complexity index is 527. The second kappa shape index (κ2) is 6.03. The molecule has 2 aromatic rings. The van der Waals surface area contributed by atoms with Gasteiger partial charge in [-0.2, -0.15) is 0 Å². The molecule has 0 spiro atoms. The summed E-state index contributed by atoms with van der Waals surface area (Å²) in [5.74, 6) is 0.553. The van der Waals surface area contributed by atoms with E-state index in [4.69, 9.17) is 5.73 Å². The Morgan fingerprint density at radius 1 is 1.11 bits per heavy atom. The molecule has 1 unspecified atom stereocenters. The Kier molecular flexibility index (Phi) is 4.39. The van der Waals surface area contributed by atoms with Crippen molar-refractivity contribution >= 4 is 15.9 Å². The molecule has 0 aliphatic rings. The minimum Gasteiger partial charge on any atom is -0.508 e. The summed E-state index contributed by atoms with van der Waals surface area (Å²) in [6.45, 7) is 0.582. The topological polar surface area (TPSA) is 46.2 Å². The zero-order valence-corrected chi connectivity index (χ0v) is 11.6. The Morgan fingerprint density at radius 2 is 1.89 bits per heavy atom. The van der Waals surface area contributed by atoms with Gasteiger partial charge in [0, 0.05) is 10.4 Å². The molecule has 3 heteroatoms. The molecule has 1 atom stereocenters. The van der Waals surface area contributed by atoms with Crippen molar-refractivity contribution in [3.8, 4) is 5.75 Å². The molecule has 2 nitrogen and oxygen atoms in total. The standard InChI is InChI=1S/C15H16BrNO/c16-15-7-2-1-6-14(15)12(10-17)8-11-4-3-5-13(18)9-11/h1-7,9,12,18H,8,10,17H2. The van der Waals surface area contributed by atoms with E-state index >= 15 is 0 Å². The van der Waals surface area contributed by atoms with Gasteiger partial charge in [-0.05, 0) is 42.3 Å². The molecule has 0 saturated carbocycles. The highest BCUT2D eigenvalue weighted by Crippen LogP contribution is 2.27. The predicted octanol–water partition coefficient (Wildman–Crippen LogP) is 3.44. The monoisotopic (exact) mass is 305 g/mol. The average molecular weight is 306 g/mol. The second-order valence-electron chi connectivity index (χ2n) is 4.33. The first-order valence-electron chi connectivity index (χ1n) is 5.93. The number of phenolic OH excluding ortho intramolecular Hbond substituents is 1. The summed E-state index contributed by atoms with van der Waals surface area (Å²) in [6, 6.07) is 15.5. The average Bonchev–Trinajstić information content (AvgIpc) is 2.37. The fourth-order valence-electron chi connectivity index (χ4n) is 2.09. The van der Waals surface area contributed by atoms with E-state index in [0.29, 0.717) is 12.3 Å². The van der Waals surface area contributed by atoms with Crippen LogP contribution >= 0.6 is 15.9 Å². The summed E-state index contributed by atoms with van der Waals surface area (Å²) >= 11 is 3.56. The zero-order chi connectivity index (χ0) is 13.0. The summed E-state index contributed by atoms with van der Waals surface area (Å²) in [4.78, 5) is 0. The van der Waals surface area contributed by atoms with E-state index < -0.39 is 0 Å². The third kappa shape index (κ3) is 3.12. The molecule has 0 bridgehead atoms. The molecule has 0 saturated heterocycles. The highest BCUT2D eigenvalue weighted by Gasteiger charge is 2.13. The summed E-state index contributed by atoms with van der Waals surface area (Å²) < 4.78 is 1.08. The summed E-state index contributed by atoms with van der Waals surface area (Å²) in [5, 5.41) is 9.48. The van der Waals surface area contributed by atoms with Crippen LogP contribution in [0.5, 0.6) is 5.75 Å². The first-order valence-corrected chi connectivity index (χ1v) is 6.72. The Hall–Kier alpha value is -1.32. The maximum Gasteiger partial charge on any atom is 0.115 e. The van der Waals surface area contributed by atoms with Crippen molar-refractivity contribution in [1.29, 1.82) is 0 Å². The molecule has 0 amide bonds. The lowest BCUT2D eigenvalue weighted by atomic mass is 9.92. The molecule has 2 rings (SSSR count). The van der Waals surface area contributed by atoms with Gasteiger partial charge in [-0.25, -0.2) is 0 Å². The summed E-state index contributed by atoms with van der Waals surface area (Å²) in [6.07, 6.45) is 0.827. The highest BCUT2D eigenvalue weighted by atomic mass is 79.9. The number of phenols is 1. The van der Waals surface area contributed by atoms with Gasteiger partial charge >= 0.3 is 0 Å². The van der Waals surface area contributed by atoms with E-state index in [1.807, 2.05) is 30.3 Å². The molecule has 0 aliphatic heterocycles. The molecule has 18 heavy (non-hydrogen) atoms. The first kappa shape index (κ1) is 13.1. The normalized spacial score (nSPS) is 12.3. The van der Waals surface area contributed by atoms with Gasteiger partial charge in [-0.1, -0.05) is 46.3 Å². The van der Waals surface area contributed by atoms with Gasteiger partial charge in [0.2, 0.25) is 0 Å². The van der Waals surface area contributed by atoms with Crippen LogP contribution in [0.4, 0.5) is 0 Å². The summed E-state index contributed by atoms with van der Waals surface area (Å²) in [5.41, 5.74) is 8.19. The van der Waals surface area contributed by atoms with Crippen molar-refractivity contribution in [2.75, 3.05) is 6.54 Å². The van der Waals surface area contributed by atoms with Crippen LogP contribution in [-0.4, -0.2) is 11.7 Å². The van der Waals surface area contributed by atoms with Crippen molar-refractivity contribution in [3.63, 3.8) is 0 Å². The molecule has 0 fully saturated rings. The van der Waals surface area contributed by atoms with E-state index in [2.05, 4.69) is 22.0 Å². The lowest BCUT2D eigenvalue weighted by molar-refractivity contribution is 0.474. The van der Waals surface area contributed by atoms with Crippen LogP contribution < -0.4 is 5.73 Å². The summed E-state index contributed by atoms with van der Waals surface area (Å²) in [7, 11) is 0. The van der Waals surface area contributed by atoms with Crippen LogP contribution in [0.15, 0.2) is 53.0 Å². The van der Waals surface area contributed by atoms with Gasteiger partial charge in [-0.15, -0.1) is 0 Å². The van der Waals surface area contributed by atoms with Gasteiger partial charge in [0.15, 0.2) is 0 Å². The van der Waals surface area contributed by atoms with E-state index in [0.717, 1.165) is 16.5 Å². The molecule has 94 valence electrons. The maximum atomic E-state index is 9.48.